The number of hydrogen-bond acceptors (Lipinski definition) is 9. The fourth-order valence-corrected chi connectivity index (χ4v) is 6.15. The van der Waals surface area contributed by atoms with Gasteiger partial charge in [-0.2, -0.15) is 0 Å². The lowest BCUT2D eigenvalue weighted by Crippen LogP contribution is -2.70. The highest BCUT2D eigenvalue weighted by molar-refractivity contribution is 6.25. The molecule has 0 saturated heterocycles. The van der Waals surface area contributed by atoms with Crippen LogP contribution in [0.1, 0.15) is 22.3 Å². The fourth-order valence-electron chi connectivity index (χ4n) is 6.15. The summed E-state index contributed by atoms with van der Waals surface area (Å²) in [5, 5.41) is 56.7. The molecule has 202 valence electrons. The normalized spacial score (nSPS) is 29.4. The number of nitrogens with two attached hydrogens (primary N) is 1. The monoisotopic (exact) mass is 532 g/mol. The van der Waals surface area contributed by atoms with Gasteiger partial charge in [-0.05, 0) is 43.8 Å². The van der Waals surface area contributed by atoms with Gasteiger partial charge in [0.1, 0.15) is 22.8 Å². The molecule has 2 aromatic rings. The molecule has 2 aromatic carbocycles. The van der Waals surface area contributed by atoms with E-state index in [9.17, 15) is 39.9 Å². The van der Waals surface area contributed by atoms with Gasteiger partial charge in [-0.15, -0.1) is 0 Å². The number of rotatable bonds is 3. The molecule has 0 heterocycles. The molecule has 5 rings (SSSR count). The molecule has 39 heavy (non-hydrogen) atoms. The number of phenols is 1. The van der Waals surface area contributed by atoms with Gasteiger partial charge in [-0.3, -0.25) is 19.3 Å². The molecule has 1 amide bonds. The molecule has 3 aliphatic carbocycles. The number of aryl methyl sites for hydroxylation is 1. The van der Waals surface area contributed by atoms with Crippen LogP contribution in [0.25, 0.3) is 17.4 Å². The van der Waals surface area contributed by atoms with Crippen LogP contribution in [0.5, 0.6) is 5.75 Å². The summed E-state index contributed by atoms with van der Waals surface area (Å²) in [7, 11) is 2.92. The van der Waals surface area contributed by atoms with Crippen LogP contribution in [0.15, 0.2) is 59.4 Å². The molecule has 5 unspecified atom stereocenters. The number of aliphatic hydroxyl groups is 4. The summed E-state index contributed by atoms with van der Waals surface area (Å²) in [6.45, 7) is 1.91. The van der Waals surface area contributed by atoms with Crippen molar-refractivity contribution in [2.24, 2.45) is 17.6 Å². The highest BCUT2D eigenvalue weighted by Crippen LogP contribution is 2.56. The Morgan fingerprint density at radius 3 is 2.28 bits per heavy atom. The Hall–Kier alpha value is -4.25. The van der Waals surface area contributed by atoms with E-state index in [0.717, 1.165) is 5.56 Å². The first-order valence-electron chi connectivity index (χ1n) is 12.3. The average Bonchev–Trinajstić information content (AvgIpc) is 2.86. The molecule has 5 atom stereocenters. The highest BCUT2D eigenvalue weighted by atomic mass is 16.4. The minimum Gasteiger partial charge on any atom is -0.508 e. The van der Waals surface area contributed by atoms with Gasteiger partial charge >= 0.3 is 0 Å². The Morgan fingerprint density at radius 2 is 1.69 bits per heavy atom. The molecule has 0 aliphatic heterocycles. The molecule has 1 saturated carbocycles. The zero-order chi connectivity index (χ0) is 28.5. The first-order chi connectivity index (χ1) is 18.3. The second-order valence-corrected chi connectivity index (χ2v) is 10.4. The molecule has 0 aromatic heterocycles. The Balaban J connectivity index is 1.86. The van der Waals surface area contributed by atoms with Gasteiger partial charge in [-0.25, -0.2) is 0 Å². The lowest BCUT2D eigenvalue weighted by molar-refractivity contribution is -0.166. The molecule has 0 spiro atoms. The highest BCUT2D eigenvalue weighted by Gasteiger charge is 2.68. The minimum atomic E-state index is -2.97. The number of carbonyl (C=O) groups excluding carboxylic acids is 3. The number of aromatic hydroxyl groups is 1. The van der Waals surface area contributed by atoms with Crippen LogP contribution in [-0.2, 0) is 14.4 Å². The van der Waals surface area contributed by atoms with Crippen molar-refractivity contribution in [3.05, 3.63) is 81.6 Å². The third-order valence-electron chi connectivity index (χ3n) is 7.93. The third kappa shape index (κ3) is 3.56. The SMILES string of the molecule is Cc1ccc(/C=C2\c3cccc(O)c3C(O)=C3C(=O)C4(O)C(O)=C(C(N)=O)C(=O)C(N(C)C)C4C(O)C32)cc1. The van der Waals surface area contributed by atoms with E-state index in [1.54, 1.807) is 18.2 Å². The zero-order valence-corrected chi connectivity index (χ0v) is 21.4. The van der Waals surface area contributed by atoms with E-state index in [1.165, 1.54) is 25.1 Å². The number of ketones is 2. The van der Waals surface area contributed by atoms with Gasteiger partial charge in [0.15, 0.2) is 11.4 Å². The van der Waals surface area contributed by atoms with Crippen molar-refractivity contribution in [3.63, 3.8) is 0 Å². The Bertz CT molecular complexity index is 1530. The van der Waals surface area contributed by atoms with Gasteiger partial charge in [0.2, 0.25) is 5.78 Å². The Kier molecular flexibility index (Phi) is 6.02. The smallest absolute Gasteiger partial charge is 0.255 e. The van der Waals surface area contributed by atoms with Crippen LogP contribution in [0, 0.1) is 18.8 Å². The predicted octanol–water partition coefficient (Wildman–Crippen LogP) is 1.24. The molecule has 7 N–H and O–H groups in total. The maximum absolute atomic E-state index is 14.1. The number of phenolic OH excluding ortho intramolecular Hbond substituents is 1. The van der Waals surface area contributed by atoms with Crippen LogP contribution in [0.4, 0.5) is 0 Å². The van der Waals surface area contributed by atoms with E-state index >= 15 is 0 Å². The Morgan fingerprint density at radius 1 is 1.05 bits per heavy atom. The van der Waals surface area contributed by atoms with Crippen molar-refractivity contribution < 1.29 is 39.9 Å². The molecule has 3 aliphatic rings. The first-order valence-corrected chi connectivity index (χ1v) is 12.3. The van der Waals surface area contributed by atoms with E-state index < -0.39 is 69.7 Å². The molecule has 10 heteroatoms. The number of aliphatic hydroxyl groups excluding tert-OH is 3. The first kappa shape index (κ1) is 26.4. The topological polar surface area (TPSA) is 182 Å². The van der Waals surface area contributed by atoms with Gasteiger partial charge in [0.05, 0.1) is 29.2 Å². The molecular formula is C29H28N2O8. The Labute approximate surface area is 223 Å². The quantitative estimate of drug-likeness (QED) is 0.317. The van der Waals surface area contributed by atoms with Gasteiger partial charge in [0, 0.05) is 5.92 Å². The maximum atomic E-state index is 14.1. The average molecular weight is 533 g/mol. The number of carbonyl (C=O) groups is 3. The zero-order valence-electron chi connectivity index (χ0n) is 21.4. The summed E-state index contributed by atoms with van der Waals surface area (Å²) in [4.78, 5) is 40.9. The summed E-state index contributed by atoms with van der Waals surface area (Å²) >= 11 is 0. The summed E-state index contributed by atoms with van der Waals surface area (Å²) in [6, 6.07) is 10.4. The fraction of sp³-hybridized carbons (Fsp3) is 0.276. The van der Waals surface area contributed by atoms with Crippen molar-refractivity contribution in [2.45, 2.75) is 24.7 Å². The van der Waals surface area contributed by atoms with E-state index in [4.69, 9.17) is 5.73 Å². The number of fused-ring (bicyclic) bond motifs is 3. The largest absolute Gasteiger partial charge is 0.508 e. The predicted molar refractivity (Wildman–Crippen MR) is 141 cm³/mol. The summed E-state index contributed by atoms with van der Waals surface area (Å²) in [6.07, 6.45) is -0.0276. The summed E-state index contributed by atoms with van der Waals surface area (Å²) < 4.78 is 0. The standard InChI is InChI=1S/C29H28N2O8/c1-12-7-9-13(10-8-12)11-15-14-5-4-6-16(32)17(14)23(33)19-18(15)24(34)21-22(31(2)3)25(35)20(28(30)38)27(37)29(21,39)26(19)36/h4-11,18,21-22,24,32-34,37,39H,1-3H3,(H2,30,38)/b15-11+. The van der Waals surface area contributed by atoms with Crippen molar-refractivity contribution >= 4 is 34.9 Å². The number of Topliss-reactive ketones (excluding diaryl/α,β-unsaturated/α-hetero) is 2. The molecule has 10 nitrogen and oxygen atoms in total. The number of amides is 1. The molecule has 0 bridgehead atoms. The van der Waals surface area contributed by atoms with E-state index in [2.05, 4.69) is 0 Å². The summed E-state index contributed by atoms with van der Waals surface area (Å²) in [5.41, 5.74) is 3.21. The molecule has 0 radical (unpaired) electrons. The van der Waals surface area contributed by atoms with E-state index in [-0.39, 0.29) is 11.3 Å². The number of hydrogen-bond donors (Lipinski definition) is 6. The van der Waals surface area contributed by atoms with Crippen LogP contribution in [-0.4, -0.2) is 79.7 Å². The number of benzene rings is 2. The second kappa shape index (κ2) is 8.91. The van der Waals surface area contributed by atoms with E-state index in [1.807, 2.05) is 31.2 Å². The van der Waals surface area contributed by atoms with Gasteiger partial charge in [-0.1, -0.05) is 48.0 Å². The molecular weight excluding hydrogens is 504 g/mol. The lowest BCUT2D eigenvalue weighted by Gasteiger charge is -2.53. The van der Waals surface area contributed by atoms with Gasteiger partial charge in [0.25, 0.3) is 5.91 Å². The molecule has 1 fully saturated rings. The number of primary amides is 1. The maximum Gasteiger partial charge on any atom is 0.255 e. The van der Waals surface area contributed by atoms with Crippen LogP contribution < -0.4 is 5.73 Å². The van der Waals surface area contributed by atoms with Crippen molar-refractivity contribution in [1.82, 2.24) is 4.90 Å². The van der Waals surface area contributed by atoms with Crippen molar-refractivity contribution in [2.75, 3.05) is 14.1 Å². The summed E-state index contributed by atoms with van der Waals surface area (Å²) in [5.74, 6) is -8.78. The number of nitrogens with zero attached hydrogens (tertiary/aromatic N) is 1. The van der Waals surface area contributed by atoms with Crippen LogP contribution >= 0.6 is 0 Å². The number of likely N-dealkylation sites (N-methyl/N-ethyl adjacent to an activating group) is 1. The minimum absolute atomic E-state index is 0.0978. The van der Waals surface area contributed by atoms with Gasteiger partial charge < -0.3 is 31.3 Å². The van der Waals surface area contributed by atoms with Crippen LogP contribution in [0.3, 0.4) is 0 Å². The van der Waals surface area contributed by atoms with Crippen LogP contribution in [0.2, 0.25) is 0 Å². The van der Waals surface area contributed by atoms with Crippen molar-refractivity contribution in [1.29, 1.82) is 0 Å². The lowest BCUT2D eigenvalue weighted by atomic mass is 9.55. The second-order valence-electron chi connectivity index (χ2n) is 10.4. The van der Waals surface area contributed by atoms with E-state index in [0.29, 0.717) is 16.7 Å². The van der Waals surface area contributed by atoms with Crippen molar-refractivity contribution in [3.8, 4) is 5.75 Å². The third-order valence-corrected chi connectivity index (χ3v) is 7.93.